The van der Waals surface area contributed by atoms with Crippen LogP contribution in [0, 0.1) is 19.8 Å². The van der Waals surface area contributed by atoms with Crippen molar-refractivity contribution in [3.05, 3.63) is 35.3 Å². The fourth-order valence-electron chi connectivity index (χ4n) is 2.70. The van der Waals surface area contributed by atoms with Crippen molar-refractivity contribution in [3.63, 3.8) is 0 Å². The molecule has 0 fully saturated rings. The largest absolute Gasteiger partial charge is 0.347 e. The predicted molar refractivity (Wildman–Crippen MR) is 101 cm³/mol. The molecule has 0 aliphatic carbocycles. The van der Waals surface area contributed by atoms with E-state index in [-0.39, 0.29) is 0 Å². The van der Waals surface area contributed by atoms with Crippen LogP contribution < -0.4 is 4.90 Å². The number of nitrogens with zero attached hydrogens (tertiary/aromatic N) is 6. The van der Waals surface area contributed by atoms with E-state index in [4.69, 9.17) is 4.52 Å². The molecule has 26 heavy (non-hydrogen) atoms. The highest BCUT2D eigenvalue weighted by atomic mass is 16.5. The van der Waals surface area contributed by atoms with Crippen LogP contribution in [0.2, 0.25) is 0 Å². The summed E-state index contributed by atoms with van der Waals surface area (Å²) in [5.74, 6) is 2.07. The maximum absolute atomic E-state index is 5.50. The van der Waals surface area contributed by atoms with Crippen LogP contribution in [-0.2, 0) is 6.42 Å². The molecule has 7 heteroatoms. The highest BCUT2D eigenvalue weighted by molar-refractivity contribution is 5.59. The van der Waals surface area contributed by atoms with Gasteiger partial charge in [0.25, 0.3) is 5.89 Å². The van der Waals surface area contributed by atoms with Gasteiger partial charge in [0.1, 0.15) is 5.69 Å². The van der Waals surface area contributed by atoms with Gasteiger partial charge >= 0.3 is 0 Å². The summed E-state index contributed by atoms with van der Waals surface area (Å²) in [6, 6.07) is 5.82. The van der Waals surface area contributed by atoms with E-state index in [2.05, 4.69) is 38.9 Å². The van der Waals surface area contributed by atoms with E-state index in [1.165, 1.54) is 0 Å². The lowest BCUT2D eigenvalue weighted by Crippen LogP contribution is -2.13. The van der Waals surface area contributed by atoms with Crippen molar-refractivity contribution >= 4 is 5.95 Å². The van der Waals surface area contributed by atoms with Gasteiger partial charge in [-0.05, 0) is 44.4 Å². The topological polar surface area (TPSA) is 80.8 Å². The lowest BCUT2D eigenvalue weighted by atomic mass is 10.1. The van der Waals surface area contributed by atoms with Crippen molar-refractivity contribution in [3.8, 4) is 23.0 Å². The second-order valence-electron chi connectivity index (χ2n) is 7.10. The molecule has 3 heterocycles. The van der Waals surface area contributed by atoms with E-state index < -0.39 is 0 Å². The summed E-state index contributed by atoms with van der Waals surface area (Å²) in [7, 11) is 3.80. The Kier molecular flexibility index (Phi) is 4.97. The molecule has 136 valence electrons. The molecule has 0 saturated carbocycles. The van der Waals surface area contributed by atoms with Crippen LogP contribution >= 0.6 is 0 Å². The molecule has 0 aromatic carbocycles. The second kappa shape index (κ2) is 7.19. The van der Waals surface area contributed by atoms with Gasteiger partial charge in [0.15, 0.2) is 0 Å². The molecular formula is C19H24N6O. The van der Waals surface area contributed by atoms with E-state index in [9.17, 15) is 0 Å². The van der Waals surface area contributed by atoms with Crippen molar-refractivity contribution in [2.75, 3.05) is 19.0 Å². The molecule has 7 nitrogen and oxygen atoms in total. The number of rotatable bonds is 5. The van der Waals surface area contributed by atoms with Crippen molar-refractivity contribution in [2.45, 2.75) is 34.1 Å². The van der Waals surface area contributed by atoms with Gasteiger partial charge in [-0.3, -0.25) is 4.98 Å². The highest BCUT2D eigenvalue weighted by Gasteiger charge is 2.15. The summed E-state index contributed by atoms with van der Waals surface area (Å²) in [6.45, 7) is 8.24. The van der Waals surface area contributed by atoms with Crippen molar-refractivity contribution in [1.82, 2.24) is 25.1 Å². The number of aryl methyl sites for hydroxylation is 2. The third kappa shape index (κ3) is 4.04. The maximum atomic E-state index is 5.50. The van der Waals surface area contributed by atoms with E-state index >= 15 is 0 Å². The number of pyridine rings is 1. The minimum absolute atomic E-state index is 0.452. The standard InChI is InChI=1S/C19H24N6O/c1-11(2)7-15-10-14(8-12(3)20-15)18-23-17(24-26-18)16-9-13(4)21-19(22-16)25(5)6/h8-11H,7H2,1-6H3. The van der Waals surface area contributed by atoms with Crippen molar-refractivity contribution in [1.29, 1.82) is 0 Å². The summed E-state index contributed by atoms with van der Waals surface area (Å²) < 4.78 is 5.50. The number of anilines is 1. The van der Waals surface area contributed by atoms with Crippen LogP contribution in [0.1, 0.15) is 30.9 Å². The third-order valence-corrected chi connectivity index (χ3v) is 3.77. The maximum Gasteiger partial charge on any atom is 0.258 e. The monoisotopic (exact) mass is 352 g/mol. The van der Waals surface area contributed by atoms with Crippen LogP contribution in [0.25, 0.3) is 23.0 Å². The zero-order chi connectivity index (χ0) is 18.8. The predicted octanol–water partition coefficient (Wildman–Crippen LogP) is 3.47. The Labute approximate surface area is 153 Å². The van der Waals surface area contributed by atoms with Crippen LogP contribution in [-0.4, -0.2) is 39.2 Å². The molecule has 0 atom stereocenters. The Morgan fingerprint density at radius 3 is 2.38 bits per heavy atom. The summed E-state index contributed by atoms with van der Waals surface area (Å²) in [5.41, 5.74) is 4.34. The molecule has 0 unspecified atom stereocenters. The second-order valence-corrected chi connectivity index (χ2v) is 7.10. The minimum atomic E-state index is 0.452. The van der Waals surface area contributed by atoms with Crippen LogP contribution in [0.15, 0.2) is 22.7 Å². The van der Waals surface area contributed by atoms with Gasteiger partial charge in [-0.15, -0.1) is 0 Å². The quantitative estimate of drug-likeness (QED) is 0.695. The fourth-order valence-corrected chi connectivity index (χ4v) is 2.70. The van der Waals surface area contributed by atoms with Gasteiger partial charge < -0.3 is 9.42 Å². The number of hydrogen-bond acceptors (Lipinski definition) is 7. The SMILES string of the molecule is Cc1cc(-c2nc(-c3cc(C)nc(N(C)C)n3)no2)cc(CC(C)C)n1. The van der Waals surface area contributed by atoms with Gasteiger partial charge in [-0.1, -0.05) is 19.0 Å². The number of aromatic nitrogens is 5. The van der Waals surface area contributed by atoms with Gasteiger partial charge in [0, 0.05) is 36.7 Å². The average molecular weight is 352 g/mol. The Hall–Kier alpha value is -2.83. The normalized spacial score (nSPS) is 11.2. The van der Waals surface area contributed by atoms with Crippen LogP contribution in [0.4, 0.5) is 5.95 Å². The van der Waals surface area contributed by atoms with Gasteiger partial charge in [-0.25, -0.2) is 9.97 Å². The minimum Gasteiger partial charge on any atom is -0.347 e. The third-order valence-electron chi connectivity index (χ3n) is 3.77. The zero-order valence-corrected chi connectivity index (χ0v) is 16.1. The fraction of sp³-hybridized carbons (Fsp3) is 0.421. The molecule has 0 saturated heterocycles. The van der Waals surface area contributed by atoms with E-state index in [0.717, 1.165) is 29.1 Å². The van der Waals surface area contributed by atoms with Crippen LogP contribution in [0.3, 0.4) is 0 Å². The average Bonchev–Trinajstić information content (AvgIpc) is 3.03. The lowest BCUT2D eigenvalue weighted by molar-refractivity contribution is 0.432. The van der Waals surface area contributed by atoms with Crippen LogP contribution in [0.5, 0.6) is 0 Å². The van der Waals surface area contributed by atoms with E-state index in [0.29, 0.717) is 29.3 Å². The van der Waals surface area contributed by atoms with Gasteiger partial charge in [-0.2, -0.15) is 4.98 Å². The van der Waals surface area contributed by atoms with Gasteiger partial charge in [0.05, 0.1) is 0 Å². The molecule has 0 bridgehead atoms. The molecule has 0 amide bonds. The van der Waals surface area contributed by atoms with Gasteiger partial charge in [0.2, 0.25) is 11.8 Å². The first kappa shape index (κ1) is 18.0. The molecule has 0 aliphatic heterocycles. The lowest BCUT2D eigenvalue weighted by Gasteiger charge is -2.10. The van der Waals surface area contributed by atoms with E-state index in [1.807, 2.05) is 51.0 Å². The summed E-state index contributed by atoms with van der Waals surface area (Å²) in [6.07, 6.45) is 0.910. The van der Waals surface area contributed by atoms with Crippen molar-refractivity contribution in [2.24, 2.45) is 5.92 Å². The summed E-state index contributed by atoms with van der Waals surface area (Å²) in [5, 5.41) is 4.11. The molecule has 0 aliphatic rings. The Balaban J connectivity index is 1.97. The highest BCUT2D eigenvalue weighted by Crippen LogP contribution is 2.24. The first-order valence-corrected chi connectivity index (χ1v) is 8.67. The zero-order valence-electron chi connectivity index (χ0n) is 16.1. The smallest absolute Gasteiger partial charge is 0.258 e. The number of hydrogen-bond donors (Lipinski definition) is 0. The first-order chi connectivity index (χ1) is 12.3. The summed E-state index contributed by atoms with van der Waals surface area (Å²) in [4.78, 5) is 19.9. The first-order valence-electron chi connectivity index (χ1n) is 8.67. The van der Waals surface area contributed by atoms with Crippen molar-refractivity contribution < 1.29 is 4.52 Å². The molecule has 3 rings (SSSR count). The summed E-state index contributed by atoms with van der Waals surface area (Å²) >= 11 is 0. The Morgan fingerprint density at radius 1 is 0.962 bits per heavy atom. The molecule has 0 spiro atoms. The van der Waals surface area contributed by atoms with E-state index in [1.54, 1.807) is 0 Å². The molecule has 3 aromatic rings. The molecule has 0 radical (unpaired) electrons. The molecule has 0 N–H and O–H groups in total. The molecule has 3 aromatic heterocycles. The molecular weight excluding hydrogens is 328 g/mol. The Morgan fingerprint density at radius 2 is 1.69 bits per heavy atom. The Bertz CT molecular complexity index is 916.